The Morgan fingerprint density at radius 2 is 2.04 bits per heavy atom. The van der Waals surface area contributed by atoms with Crippen LogP contribution in [0.2, 0.25) is 0 Å². The third-order valence-electron chi connectivity index (χ3n) is 4.63. The van der Waals surface area contributed by atoms with Crippen molar-refractivity contribution in [3.05, 3.63) is 67.8 Å². The normalized spacial score (nSPS) is 13.7. The van der Waals surface area contributed by atoms with E-state index in [9.17, 15) is 4.79 Å². The Labute approximate surface area is 169 Å². The van der Waals surface area contributed by atoms with E-state index in [2.05, 4.69) is 34.6 Å². The molecule has 4 rings (SSSR count). The van der Waals surface area contributed by atoms with E-state index < -0.39 is 0 Å². The fourth-order valence-electron chi connectivity index (χ4n) is 3.35. The average molecular weight is 447 g/mol. The van der Waals surface area contributed by atoms with Crippen molar-refractivity contribution in [2.24, 2.45) is 0 Å². The van der Waals surface area contributed by atoms with Gasteiger partial charge in [-0.1, -0.05) is 45.9 Å². The van der Waals surface area contributed by atoms with E-state index >= 15 is 0 Å². The Kier molecular flexibility index (Phi) is 5.34. The topological polar surface area (TPSA) is 34.9 Å². The molecule has 0 radical (unpaired) electrons. The Hall–Kier alpha value is -1.37. The number of halogens is 1. The van der Waals surface area contributed by atoms with Crippen molar-refractivity contribution in [3.8, 4) is 0 Å². The number of rotatable bonds is 5. The third kappa shape index (κ3) is 3.42. The molecule has 1 aliphatic rings. The van der Waals surface area contributed by atoms with Crippen molar-refractivity contribution in [2.45, 2.75) is 43.1 Å². The van der Waals surface area contributed by atoms with Gasteiger partial charge in [-0.15, -0.1) is 17.9 Å². The number of aromatic nitrogens is 2. The van der Waals surface area contributed by atoms with E-state index in [1.54, 1.807) is 33.7 Å². The second-order valence-corrected chi connectivity index (χ2v) is 9.35. The molecular formula is C20H19BrN2OS2. The maximum Gasteiger partial charge on any atom is 0.263 e. The Morgan fingerprint density at radius 3 is 2.81 bits per heavy atom. The van der Waals surface area contributed by atoms with Gasteiger partial charge in [-0.05, 0) is 48.9 Å². The highest BCUT2D eigenvalue weighted by Gasteiger charge is 2.21. The number of hydrogen-bond donors (Lipinski definition) is 0. The molecule has 1 aromatic carbocycles. The molecule has 0 unspecified atom stereocenters. The number of nitrogens with zero attached hydrogens (tertiary/aromatic N) is 2. The van der Waals surface area contributed by atoms with Crippen LogP contribution in [0.15, 0.2) is 51.3 Å². The van der Waals surface area contributed by atoms with Crippen molar-refractivity contribution in [2.75, 3.05) is 0 Å². The van der Waals surface area contributed by atoms with Crippen LogP contribution in [-0.2, 0) is 25.1 Å². The Balaban J connectivity index is 1.75. The van der Waals surface area contributed by atoms with Gasteiger partial charge in [-0.2, -0.15) is 0 Å². The van der Waals surface area contributed by atoms with Crippen LogP contribution >= 0.6 is 39.0 Å². The lowest BCUT2D eigenvalue weighted by Crippen LogP contribution is -2.23. The second kappa shape index (κ2) is 7.71. The molecule has 0 atom stereocenters. The summed E-state index contributed by atoms with van der Waals surface area (Å²) >= 11 is 6.79. The highest BCUT2D eigenvalue weighted by Crippen LogP contribution is 2.35. The Bertz CT molecular complexity index is 1020. The molecule has 0 saturated carbocycles. The summed E-state index contributed by atoms with van der Waals surface area (Å²) < 4.78 is 2.85. The molecule has 3 nitrogen and oxygen atoms in total. The molecule has 0 bridgehead atoms. The minimum absolute atomic E-state index is 0.0904. The fourth-order valence-corrected chi connectivity index (χ4v) is 5.88. The lowest BCUT2D eigenvalue weighted by molar-refractivity contribution is 0.668. The van der Waals surface area contributed by atoms with Crippen molar-refractivity contribution in [1.82, 2.24) is 9.55 Å². The summed E-state index contributed by atoms with van der Waals surface area (Å²) in [6.45, 7) is 4.32. The van der Waals surface area contributed by atoms with E-state index in [1.807, 2.05) is 12.1 Å². The molecule has 3 aromatic rings. The third-order valence-corrected chi connectivity index (χ3v) is 7.39. The van der Waals surface area contributed by atoms with E-state index in [1.165, 1.54) is 28.8 Å². The monoisotopic (exact) mass is 446 g/mol. The molecule has 1 aliphatic carbocycles. The molecule has 0 fully saturated rings. The van der Waals surface area contributed by atoms with Gasteiger partial charge in [0, 0.05) is 21.6 Å². The average Bonchev–Trinajstić information content (AvgIpc) is 3.02. The molecule has 0 spiro atoms. The SMILES string of the molecule is C=CCn1c(SCc2ccc(Br)cc2)nc2sc3c(c2c1=O)CCCC3. The van der Waals surface area contributed by atoms with Gasteiger partial charge in [-0.3, -0.25) is 9.36 Å². The van der Waals surface area contributed by atoms with Gasteiger partial charge < -0.3 is 0 Å². The molecule has 2 aromatic heterocycles. The summed E-state index contributed by atoms with van der Waals surface area (Å²) in [5.74, 6) is 0.785. The highest BCUT2D eigenvalue weighted by molar-refractivity contribution is 9.10. The molecule has 0 aliphatic heterocycles. The van der Waals surface area contributed by atoms with Crippen molar-refractivity contribution < 1.29 is 0 Å². The first-order chi connectivity index (χ1) is 12.7. The molecule has 26 heavy (non-hydrogen) atoms. The summed E-state index contributed by atoms with van der Waals surface area (Å²) in [5, 5.41) is 1.63. The summed E-state index contributed by atoms with van der Waals surface area (Å²) in [6, 6.07) is 8.26. The van der Waals surface area contributed by atoms with Crippen LogP contribution in [0.3, 0.4) is 0 Å². The number of thiophene rings is 1. The van der Waals surface area contributed by atoms with E-state index in [4.69, 9.17) is 4.98 Å². The number of allylic oxidation sites excluding steroid dienone is 1. The van der Waals surface area contributed by atoms with Crippen LogP contribution in [0.5, 0.6) is 0 Å². The number of benzene rings is 1. The minimum Gasteiger partial charge on any atom is -0.283 e. The van der Waals surface area contributed by atoms with Crippen LogP contribution in [0.1, 0.15) is 28.8 Å². The zero-order valence-electron chi connectivity index (χ0n) is 14.3. The standard InChI is InChI=1S/C20H19BrN2OS2/c1-2-11-23-19(24)17-15-5-3-4-6-16(15)26-18(17)22-20(23)25-12-13-7-9-14(21)10-8-13/h2,7-10H,1,3-6,11-12H2. The van der Waals surface area contributed by atoms with Crippen LogP contribution < -0.4 is 5.56 Å². The zero-order chi connectivity index (χ0) is 18.1. The van der Waals surface area contributed by atoms with E-state index in [0.29, 0.717) is 6.54 Å². The first kappa shape index (κ1) is 18.0. The lowest BCUT2D eigenvalue weighted by Gasteiger charge is -2.12. The first-order valence-electron chi connectivity index (χ1n) is 8.70. The zero-order valence-corrected chi connectivity index (χ0v) is 17.6. The predicted molar refractivity (Wildman–Crippen MR) is 114 cm³/mol. The number of hydrogen-bond acceptors (Lipinski definition) is 4. The largest absolute Gasteiger partial charge is 0.283 e. The lowest BCUT2D eigenvalue weighted by atomic mass is 9.97. The summed E-state index contributed by atoms with van der Waals surface area (Å²) in [7, 11) is 0. The Morgan fingerprint density at radius 1 is 1.27 bits per heavy atom. The van der Waals surface area contributed by atoms with Crippen LogP contribution in [0, 0.1) is 0 Å². The quantitative estimate of drug-likeness (QED) is 0.291. The predicted octanol–water partition coefficient (Wildman–Crippen LogP) is 5.58. The molecule has 0 saturated heterocycles. The van der Waals surface area contributed by atoms with Gasteiger partial charge in [0.15, 0.2) is 5.16 Å². The van der Waals surface area contributed by atoms with Gasteiger partial charge >= 0.3 is 0 Å². The van der Waals surface area contributed by atoms with Crippen LogP contribution in [0.4, 0.5) is 0 Å². The van der Waals surface area contributed by atoms with Crippen LogP contribution in [-0.4, -0.2) is 9.55 Å². The van der Waals surface area contributed by atoms with Gasteiger partial charge in [-0.25, -0.2) is 4.98 Å². The summed E-state index contributed by atoms with van der Waals surface area (Å²) in [6.07, 6.45) is 6.24. The van der Waals surface area contributed by atoms with E-state index in [-0.39, 0.29) is 5.56 Å². The smallest absolute Gasteiger partial charge is 0.263 e. The van der Waals surface area contributed by atoms with E-state index in [0.717, 1.165) is 38.4 Å². The molecule has 2 heterocycles. The van der Waals surface area contributed by atoms with Gasteiger partial charge in [0.1, 0.15) is 4.83 Å². The number of aryl methyl sites for hydroxylation is 2. The van der Waals surface area contributed by atoms with Crippen molar-refractivity contribution in [1.29, 1.82) is 0 Å². The molecule has 0 amide bonds. The van der Waals surface area contributed by atoms with Gasteiger partial charge in [0.05, 0.1) is 5.39 Å². The number of thioether (sulfide) groups is 1. The summed E-state index contributed by atoms with van der Waals surface area (Å²) in [5.41, 5.74) is 2.55. The maximum atomic E-state index is 13.2. The molecular weight excluding hydrogens is 428 g/mol. The molecule has 0 N–H and O–H groups in total. The van der Waals surface area contributed by atoms with Gasteiger partial charge in [0.2, 0.25) is 0 Å². The van der Waals surface area contributed by atoms with Crippen LogP contribution in [0.25, 0.3) is 10.2 Å². The number of fused-ring (bicyclic) bond motifs is 3. The highest BCUT2D eigenvalue weighted by atomic mass is 79.9. The molecule has 134 valence electrons. The second-order valence-electron chi connectivity index (χ2n) is 6.41. The van der Waals surface area contributed by atoms with Gasteiger partial charge in [0.25, 0.3) is 5.56 Å². The van der Waals surface area contributed by atoms with Crippen molar-refractivity contribution >= 4 is 49.2 Å². The van der Waals surface area contributed by atoms with Crippen molar-refractivity contribution in [3.63, 3.8) is 0 Å². The molecule has 6 heteroatoms. The fraction of sp³-hybridized carbons (Fsp3) is 0.300. The maximum absolute atomic E-state index is 13.2. The first-order valence-corrected chi connectivity index (χ1v) is 11.3. The minimum atomic E-state index is 0.0904. The summed E-state index contributed by atoms with van der Waals surface area (Å²) in [4.78, 5) is 20.3.